The fourth-order valence-electron chi connectivity index (χ4n) is 3.00. The zero-order valence-corrected chi connectivity index (χ0v) is 13.1. The predicted octanol–water partition coefficient (Wildman–Crippen LogP) is 3.52. The maximum atomic E-state index is 3.73. The molecule has 0 saturated carbocycles. The van der Waals surface area contributed by atoms with Crippen LogP contribution < -0.4 is 5.32 Å². The fraction of sp³-hybridized carbons (Fsp3) is 1.00. The number of rotatable bonds is 9. The molecule has 0 spiro atoms. The van der Waals surface area contributed by atoms with Crippen LogP contribution in [0.25, 0.3) is 0 Å². The molecule has 0 bridgehead atoms. The first-order chi connectivity index (χ1) is 7.98. The minimum Gasteiger partial charge on any atom is -0.312 e. The van der Waals surface area contributed by atoms with Gasteiger partial charge < -0.3 is 10.2 Å². The monoisotopic (exact) mass is 242 g/mol. The van der Waals surface area contributed by atoms with Gasteiger partial charge in [0.2, 0.25) is 0 Å². The van der Waals surface area contributed by atoms with Gasteiger partial charge in [0.15, 0.2) is 0 Å². The summed E-state index contributed by atoms with van der Waals surface area (Å²) in [5.41, 5.74) is 0.305. The smallest absolute Gasteiger partial charge is 0.0351 e. The largest absolute Gasteiger partial charge is 0.312 e. The molecule has 0 aliphatic heterocycles. The van der Waals surface area contributed by atoms with Crippen molar-refractivity contribution in [1.82, 2.24) is 10.2 Å². The summed E-state index contributed by atoms with van der Waals surface area (Å²) in [7, 11) is 4.46. The molecule has 0 rings (SSSR count). The zero-order chi connectivity index (χ0) is 13.5. The molecule has 0 aromatic rings. The second-order valence-corrected chi connectivity index (χ2v) is 5.56. The third-order valence-electron chi connectivity index (χ3n) is 4.55. The highest BCUT2D eigenvalue weighted by molar-refractivity contribution is 4.97. The molecule has 1 N–H and O–H groups in total. The van der Waals surface area contributed by atoms with Crippen molar-refractivity contribution in [1.29, 1.82) is 0 Å². The minimum atomic E-state index is 0.305. The third kappa shape index (κ3) is 4.26. The lowest BCUT2D eigenvalue weighted by molar-refractivity contribution is 0.0774. The summed E-state index contributed by atoms with van der Waals surface area (Å²) in [5, 5.41) is 3.73. The van der Waals surface area contributed by atoms with Crippen LogP contribution in [-0.2, 0) is 0 Å². The van der Waals surface area contributed by atoms with E-state index in [1.807, 2.05) is 0 Å². The van der Waals surface area contributed by atoms with Gasteiger partial charge in [-0.3, -0.25) is 0 Å². The Morgan fingerprint density at radius 2 is 1.59 bits per heavy atom. The van der Waals surface area contributed by atoms with Crippen LogP contribution in [0.1, 0.15) is 60.3 Å². The van der Waals surface area contributed by atoms with E-state index in [-0.39, 0.29) is 0 Å². The van der Waals surface area contributed by atoms with E-state index >= 15 is 0 Å². The lowest BCUT2D eigenvalue weighted by atomic mass is 9.78. The Labute approximate surface area is 109 Å². The molecule has 0 saturated heterocycles. The Morgan fingerprint density at radius 1 is 1.06 bits per heavy atom. The minimum absolute atomic E-state index is 0.305. The molecule has 0 aliphatic carbocycles. The summed E-state index contributed by atoms with van der Waals surface area (Å²) in [4.78, 5) is 2.43. The average Bonchev–Trinajstić information content (AvgIpc) is 2.30. The molecular formula is C15H34N2. The van der Waals surface area contributed by atoms with Crippen LogP contribution in [0.2, 0.25) is 0 Å². The van der Waals surface area contributed by atoms with E-state index in [9.17, 15) is 0 Å². The topological polar surface area (TPSA) is 15.3 Å². The van der Waals surface area contributed by atoms with Gasteiger partial charge in [0.1, 0.15) is 0 Å². The van der Waals surface area contributed by atoms with E-state index in [1.54, 1.807) is 0 Å². The quantitative estimate of drug-likeness (QED) is 0.665. The van der Waals surface area contributed by atoms with Gasteiger partial charge in [-0.05, 0) is 45.8 Å². The first-order valence-electron chi connectivity index (χ1n) is 7.39. The second-order valence-electron chi connectivity index (χ2n) is 5.56. The van der Waals surface area contributed by atoms with E-state index in [0.29, 0.717) is 11.6 Å². The van der Waals surface area contributed by atoms with Crippen LogP contribution in [0.4, 0.5) is 0 Å². The van der Waals surface area contributed by atoms with Gasteiger partial charge in [0, 0.05) is 11.6 Å². The van der Waals surface area contributed by atoms with Crippen molar-refractivity contribution in [3.05, 3.63) is 0 Å². The van der Waals surface area contributed by atoms with E-state index in [2.05, 4.69) is 58.9 Å². The Morgan fingerprint density at radius 3 is 1.88 bits per heavy atom. The van der Waals surface area contributed by atoms with Gasteiger partial charge in [0.25, 0.3) is 0 Å². The summed E-state index contributed by atoms with van der Waals surface area (Å²) in [5.74, 6) is 0.802. The maximum absolute atomic E-state index is 3.73. The molecule has 2 unspecified atom stereocenters. The van der Waals surface area contributed by atoms with E-state index in [1.165, 1.54) is 25.7 Å². The van der Waals surface area contributed by atoms with Crippen molar-refractivity contribution in [2.75, 3.05) is 20.6 Å². The molecule has 104 valence electrons. The molecule has 17 heavy (non-hydrogen) atoms. The molecular weight excluding hydrogens is 208 g/mol. The SMILES string of the molecule is CCNC(CC(C)CC)C(CC)(CC)N(C)C. The van der Waals surface area contributed by atoms with Crippen molar-refractivity contribution < 1.29 is 0 Å². The van der Waals surface area contributed by atoms with Crippen LogP contribution in [-0.4, -0.2) is 37.1 Å². The van der Waals surface area contributed by atoms with Crippen molar-refractivity contribution in [3.8, 4) is 0 Å². The Bertz CT molecular complexity index is 185. The van der Waals surface area contributed by atoms with Crippen LogP contribution in [0.15, 0.2) is 0 Å². The van der Waals surface area contributed by atoms with Crippen molar-refractivity contribution in [2.45, 2.75) is 71.9 Å². The number of hydrogen-bond donors (Lipinski definition) is 1. The van der Waals surface area contributed by atoms with Crippen LogP contribution in [0, 0.1) is 5.92 Å². The number of likely N-dealkylation sites (N-methyl/N-ethyl adjacent to an activating group) is 2. The van der Waals surface area contributed by atoms with Crippen molar-refractivity contribution in [3.63, 3.8) is 0 Å². The normalized spacial score (nSPS) is 16.2. The zero-order valence-electron chi connectivity index (χ0n) is 13.1. The van der Waals surface area contributed by atoms with E-state index in [0.717, 1.165) is 12.5 Å². The molecule has 0 heterocycles. The van der Waals surface area contributed by atoms with Crippen LogP contribution in [0.5, 0.6) is 0 Å². The van der Waals surface area contributed by atoms with Gasteiger partial charge in [-0.2, -0.15) is 0 Å². The molecule has 0 radical (unpaired) electrons. The highest BCUT2D eigenvalue weighted by atomic mass is 15.2. The molecule has 0 amide bonds. The predicted molar refractivity (Wildman–Crippen MR) is 78.5 cm³/mol. The Hall–Kier alpha value is -0.0800. The Kier molecular flexibility index (Phi) is 8.06. The Balaban J connectivity index is 4.94. The van der Waals surface area contributed by atoms with Gasteiger partial charge in [-0.25, -0.2) is 0 Å². The average molecular weight is 242 g/mol. The third-order valence-corrected chi connectivity index (χ3v) is 4.55. The van der Waals surface area contributed by atoms with Gasteiger partial charge in [-0.15, -0.1) is 0 Å². The van der Waals surface area contributed by atoms with Crippen LogP contribution in [0.3, 0.4) is 0 Å². The van der Waals surface area contributed by atoms with Crippen molar-refractivity contribution in [2.24, 2.45) is 5.92 Å². The van der Waals surface area contributed by atoms with Crippen LogP contribution >= 0.6 is 0 Å². The standard InChI is InChI=1S/C15H34N2/c1-8-13(5)12-14(16-11-4)15(9-2,10-3)17(6)7/h13-14,16H,8-12H2,1-7H3. The van der Waals surface area contributed by atoms with Gasteiger partial charge >= 0.3 is 0 Å². The molecule has 2 atom stereocenters. The lowest BCUT2D eigenvalue weighted by Gasteiger charge is -2.46. The van der Waals surface area contributed by atoms with Gasteiger partial charge in [-0.1, -0.05) is 41.0 Å². The second kappa shape index (κ2) is 8.10. The fourth-order valence-corrected chi connectivity index (χ4v) is 3.00. The molecule has 2 nitrogen and oxygen atoms in total. The first kappa shape index (κ1) is 16.9. The first-order valence-corrected chi connectivity index (χ1v) is 7.39. The van der Waals surface area contributed by atoms with Gasteiger partial charge in [0.05, 0.1) is 0 Å². The lowest BCUT2D eigenvalue weighted by Crippen LogP contribution is -2.59. The highest BCUT2D eigenvalue weighted by Gasteiger charge is 2.37. The van der Waals surface area contributed by atoms with E-state index in [4.69, 9.17) is 0 Å². The number of hydrogen-bond acceptors (Lipinski definition) is 2. The summed E-state index contributed by atoms with van der Waals surface area (Å²) in [6.07, 6.45) is 4.98. The van der Waals surface area contributed by atoms with E-state index < -0.39 is 0 Å². The highest BCUT2D eigenvalue weighted by Crippen LogP contribution is 2.30. The van der Waals surface area contributed by atoms with Crippen molar-refractivity contribution >= 4 is 0 Å². The summed E-state index contributed by atoms with van der Waals surface area (Å²) < 4.78 is 0. The molecule has 2 heteroatoms. The summed E-state index contributed by atoms with van der Waals surface area (Å²) >= 11 is 0. The summed E-state index contributed by atoms with van der Waals surface area (Å²) in [6.45, 7) is 12.6. The molecule has 0 aromatic carbocycles. The molecule has 0 aromatic heterocycles. The maximum Gasteiger partial charge on any atom is 0.0351 e. The summed E-state index contributed by atoms with van der Waals surface area (Å²) in [6, 6.07) is 0.604. The number of nitrogens with one attached hydrogen (secondary N) is 1. The number of nitrogens with zero attached hydrogens (tertiary/aromatic N) is 1. The molecule has 0 aliphatic rings. The molecule has 0 fully saturated rings.